The predicted octanol–water partition coefficient (Wildman–Crippen LogP) is 3.33. The molecule has 0 spiro atoms. The van der Waals surface area contributed by atoms with Crippen molar-refractivity contribution in [2.24, 2.45) is 0 Å². The first-order valence-corrected chi connectivity index (χ1v) is 6.58. The summed E-state index contributed by atoms with van der Waals surface area (Å²) in [6.07, 6.45) is 1.75. The van der Waals surface area contributed by atoms with Crippen LogP contribution in [-0.4, -0.2) is 21.6 Å². The zero-order chi connectivity index (χ0) is 13.8. The van der Waals surface area contributed by atoms with Crippen molar-refractivity contribution in [1.82, 2.24) is 15.0 Å². The van der Waals surface area contributed by atoms with E-state index >= 15 is 0 Å². The smallest absolute Gasteiger partial charge is 0.128 e. The molecule has 1 aromatic heterocycles. The lowest BCUT2D eigenvalue weighted by Gasteiger charge is -2.07. The minimum Gasteiger partial charge on any atom is -0.493 e. The van der Waals surface area contributed by atoms with Gasteiger partial charge in [0.2, 0.25) is 0 Å². The number of ether oxygens (including phenoxy) is 1. The molecule has 0 saturated heterocycles. The van der Waals surface area contributed by atoms with Gasteiger partial charge in [0.1, 0.15) is 11.4 Å². The van der Waals surface area contributed by atoms with Crippen molar-refractivity contribution in [3.8, 4) is 22.7 Å². The quantitative estimate of drug-likeness (QED) is 0.726. The third-order valence-electron chi connectivity index (χ3n) is 2.94. The minimum atomic E-state index is 0.629. The van der Waals surface area contributed by atoms with Crippen LogP contribution in [0.4, 0.5) is 0 Å². The van der Waals surface area contributed by atoms with Gasteiger partial charge in [-0.2, -0.15) is 9.90 Å². The van der Waals surface area contributed by atoms with Gasteiger partial charge in [-0.3, -0.25) is 0 Å². The van der Waals surface area contributed by atoms with Gasteiger partial charge in [0.15, 0.2) is 0 Å². The molecule has 1 heterocycles. The van der Waals surface area contributed by atoms with Gasteiger partial charge in [0.25, 0.3) is 0 Å². The van der Waals surface area contributed by atoms with Crippen molar-refractivity contribution < 1.29 is 4.74 Å². The predicted molar refractivity (Wildman–Crippen MR) is 78.0 cm³/mol. The summed E-state index contributed by atoms with van der Waals surface area (Å²) >= 11 is 0. The Hall–Kier alpha value is -2.62. The average molecular weight is 265 g/mol. The highest BCUT2D eigenvalue weighted by Crippen LogP contribution is 2.28. The molecule has 0 aliphatic rings. The number of hydrogen-bond acceptors (Lipinski definition) is 3. The molecule has 20 heavy (non-hydrogen) atoms. The topological polar surface area (TPSA) is 39.9 Å². The van der Waals surface area contributed by atoms with Crippen LogP contribution in [0.3, 0.4) is 0 Å². The first-order chi connectivity index (χ1) is 9.88. The van der Waals surface area contributed by atoms with Crippen LogP contribution in [0.25, 0.3) is 16.9 Å². The largest absolute Gasteiger partial charge is 0.493 e. The van der Waals surface area contributed by atoms with Crippen LogP contribution in [0.1, 0.15) is 6.92 Å². The molecule has 0 aliphatic heterocycles. The Morgan fingerprint density at radius 3 is 2.55 bits per heavy atom. The molecule has 0 atom stereocenters. The number of para-hydroxylation sites is 2. The van der Waals surface area contributed by atoms with Gasteiger partial charge in [-0.15, -0.1) is 5.10 Å². The monoisotopic (exact) mass is 265 g/mol. The summed E-state index contributed by atoms with van der Waals surface area (Å²) in [7, 11) is 0. The second-order valence-electron chi connectivity index (χ2n) is 4.28. The van der Waals surface area contributed by atoms with E-state index in [-0.39, 0.29) is 0 Å². The molecule has 3 rings (SSSR count). The second-order valence-corrected chi connectivity index (χ2v) is 4.28. The Morgan fingerprint density at radius 2 is 1.75 bits per heavy atom. The van der Waals surface area contributed by atoms with Crippen molar-refractivity contribution >= 4 is 0 Å². The van der Waals surface area contributed by atoms with E-state index in [1.807, 2.05) is 61.5 Å². The van der Waals surface area contributed by atoms with Gasteiger partial charge in [-0.05, 0) is 31.2 Å². The van der Waals surface area contributed by atoms with Crippen LogP contribution in [0.15, 0.2) is 60.8 Å². The highest BCUT2D eigenvalue weighted by Gasteiger charge is 2.10. The first-order valence-electron chi connectivity index (χ1n) is 6.58. The van der Waals surface area contributed by atoms with E-state index < -0.39 is 0 Å². The molecule has 4 heteroatoms. The summed E-state index contributed by atoms with van der Waals surface area (Å²) in [5.74, 6) is 0.829. The molecule has 0 aliphatic carbocycles. The van der Waals surface area contributed by atoms with Crippen LogP contribution in [0.5, 0.6) is 5.75 Å². The molecule has 0 bridgehead atoms. The van der Waals surface area contributed by atoms with Gasteiger partial charge in [0, 0.05) is 5.56 Å². The maximum absolute atomic E-state index is 5.63. The van der Waals surface area contributed by atoms with Crippen LogP contribution >= 0.6 is 0 Å². The van der Waals surface area contributed by atoms with E-state index in [1.54, 1.807) is 11.0 Å². The molecule has 0 amide bonds. The molecule has 0 radical (unpaired) electrons. The van der Waals surface area contributed by atoms with Gasteiger partial charge in [-0.1, -0.05) is 30.3 Å². The molecular formula is C16H15N3O. The molecule has 100 valence electrons. The standard InChI is InChI=1S/C16H15N3O/c1-2-20-16-11-7-6-10-14(16)15-12-17-19(18-15)13-8-4-3-5-9-13/h3-12H,2H2,1H3. The van der Waals surface area contributed by atoms with Crippen molar-refractivity contribution in [2.75, 3.05) is 6.61 Å². The summed E-state index contributed by atoms with van der Waals surface area (Å²) in [5, 5.41) is 8.83. The van der Waals surface area contributed by atoms with Crippen molar-refractivity contribution in [1.29, 1.82) is 0 Å². The third-order valence-corrected chi connectivity index (χ3v) is 2.94. The van der Waals surface area contributed by atoms with E-state index in [0.29, 0.717) is 6.61 Å². The molecular weight excluding hydrogens is 250 g/mol. The lowest BCUT2D eigenvalue weighted by molar-refractivity contribution is 0.341. The van der Waals surface area contributed by atoms with E-state index in [2.05, 4.69) is 10.2 Å². The molecule has 0 saturated carbocycles. The average Bonchev–Trinajstić information content (AvgIpc) is 2.99. The van der Waals surface area contributed by atoms with Gasteiger partial charge < -0.3 is 4.74 Å². The van der Waals surface area contributed by atoms with E-state index in [0.717, 1.165) is 22.7 Å². The Kier molecular flexibility index (Phi) is 3.46. The number of nitrogens with zero attached hydrogens (tertiary/aromatic N) is 3. The normalized spacial score (nSPS) is 10.4. The third kappa shape index (κ3) is 2.40. The molecule has 0 unspecified atom stereocenters. The Bertz CT molecular complexity index is 692. The Balaban J connectivity index is 1.98. The van der Waals surface area contributed by atoms with Gasteiger partial charge in [-0.25, -0.2) is 0 Å². The molecule has 0 N–H and O–H groups in total. The number of benzene rings is 2. The maximum Gasteiger partial charge on any atom is 0.128 e. The lowest BCUT2D eigenvalue weighted by Crippen LogP contribution is -1.98. The Labute approximate surface area is 117 Å². The van der Waals surface area contributed by atoms with Crippen LogP contribution in [0, 0.1) is 0 Å². The summed E-state index contributed by atoms with van der Waals surface area (Å²) in [6, 6.07) is 17.7. The second kappa shape index (κ2) is 5.57. The number of hydrogen-bond donors (Lipinski definition) is 0. The number of aromatic nitrogens is 3. The highest BCUT2D eigenvalue weighted by atomic mass is 16.5. The fourth-order valence-corrected chi connectivity index (χ4v) is 2.03. The van der Waals surface area contributed by atoms with E-state index in [9.17, 15) is 0 Å². The minimum absolute atomic E-state index is 0.629. The fraction of sp³-hybridized carbons (Fsp3) is 0.125. The summed E-state index contributed by atoms with van der Waals surface area (Å²) in [4.78, 5) is 1.62. The lowest BCUT2D eigenvalue weighted by atomic mass is 10.1. The van der Waals surface area contributed by atoms with Crippen molar-refractivity contribution in [3.05, 3.63) is 60.8 Å². The summed E-state index contributed by atoms with van der Waals surface area (Å²) in [5.41, 5.74) is 2.70. The SMILES string of the molecule is CCOc1ccccc1-c1cnn(-c2ccccc2)n1. The molecule has 3 aromatic rings. The van der Waals surface area contributed by atoms with Crippen LogP contribution in [0.2, 0.25) is 0 Å². The molecule has 4 nitrogen and oxygen atoms in total. The summed E-state index contributed by atoms with van der Waals surface area (Å²) in [6.45, 7) is 2.60. The van der Waals surface area contributed by atoms with Crippen molar-refractivity contribution in [2.45, 2.75) is 6.92 Å². The Morgan fingerprint density at radius 1 is 1.00 bits per heavy atom. The van der Waals surface area contributed by atoms with Crippen LogP contribution < -0.4 is 4.74 Å². The molecule has 0 fully saturated rings. The fourth-order valence-electron chi connectivity index (χ4n) is 2.03. The summed E-state index contributed by atoms with van der Waals surface area (Å²) < 4.78 is 5.63. The first kappa shape index (κ1) is 12.4. The zero-order valence-electron chi connectivity index (χ0n) is 11.2. The van der Waals surface area contributed by atoms with Gasteiger partial charge in [0.05, 0.1) is 18.5 Å². The highest BCUT2D eigenvalue weighted by molar-refractivity contribution is 5.66. The van der Waals surface area contributed by atoms with E-state index in [4.69, 9.17) is 4.74 Å². The maximum atomic E-state index is 5.63. The zero-order valence-corrected chi connectivity index (χ0v) is 11.2. The number of rotatable bonds is 4. The van der Waals surface area contributed by atoms with Crippen LogP contribution in [-0.2, 0) is 0 Å². The van der Waals surface area contributed by atoms with E-state index in [1.165, 1.54) is 0 Å². The molecule has 2 aromatic carbocycles. The van der Waals surface area contributed by atoms with Crippen molar-refractivity contribution in [3.63, 3.8) is 0 Å². The van der Waals surface area contributed by atoms with Gasteiger partial charge >= 0.3 is 0 Å².